The van der Waals surface area contributed by atoms with Gasteiger partial charge >= 0.3 is 5.97 Å². The van der Waals surface area contributed by atoms with Gasteiger partial charge in [-0.15, -0.1) is 0 Å². The average molecular weight is 318 g/mol. The maximum atomic E-state index is 12.2. The summed E-state index contributed by atoms with van der Waals surface area (Å²) in [4.78, 5) is 24.2. The molecule has 0 aliphatic carbocycles. The highest BCUT2D eigenvalue weighted by Gasteiger charge is 2.22. The van der Waals surface area contributed by atoms with Crippen molar-refractivity contribution in [1.82, 2.24) is 4.90 Å². The van der Waals surface area contributed by atoms with E-state index in [4.69, 9.17) is 28.3 Å². The first-order valence-electron chi connectivity index (χ1n) is 6.29. The van der Waals surface area contributed by atoms with Crippen molar-refractivity contribution in [2.45, 2.75) is 20.3 Å². The van der Waals surface area contributed by atoms with Crippen LogP contribution >= 0.6 is 23.2 Å². The number of hydrogen-bond donors (Lipinski definition) is 1. The van der Waals surface area contributed by atoms with Crippen LogP contribution in [-0.2, 0) is 16.0 Å². The van der Waals surface area contributed by atoms with Gasteiger partial charge in [0.15, 0.2) is 0 Å². The van der Waals surface area contributed by atoms with Crippen LogP contribution in [-0.4, -0.2) is 35.0 Å². The van der Waals surface area contributed by atoms with E-state index in [1.54, 1.807) is 32.0 Å². The van der Waals surface area contributed by atoms with Crippen molar-refractivity contribution in [3.63, 3.8) is 0 Å². The Morgan fingerprint density at radius 2 is 2.00 bits per heavy atom. The van der Waals surface area contributed by atoms with Crippen LogP contribution in [0.2, 0.25) is 10.0 Å². The largest absolute Gasteiger partial charge is 0.480 e. The van der Waals surface area contributed by atoms with Crippen LogP contribution in [0.4, 0.5) is 0 Å². The third-order valence-corrected chi connectivity index (χ3v) is 3.57. The first kappa shape index (κ1) is 16.8. The zero-order valence-corrected chi connectivity index (χ0v) is 12.9. The van der Waals surface area contributed by atoms with Crippen LogP contribution < -0.4 is 0 Å². The quantitative estimate of drug-likeness (QED) is 0.877. The second kappa shape index (κ2) is 7.50. The molecule has 0 fully saturated rings. The summed E-state index contributed by atoms with van der Waals surface area (Å²) in [5.74, 6) is -1.55. The number of benzene rings is 1. The lowest BCUT2D eigenvalue weighted by Crippen LogP contribution is -2.39. The van der Waals surface area contributed by atoms with Gasteiger partial charge in [-0.2, -0.15) is 0 Å². The van der Waals surface area contributed by atoms with E-state index in [2.05, 4.69) is 0 Å². The van der Waals surface area contributed by atoms with Crippen molar-refractivity contribution in [2.24, 2.45) is 5.92 Å². The molecule has 0 aliphatic rings. The molecular weight excluding hydrogens is 301 g/mol. The molecule has 110 valence electrons. The second-order valence-corrected chi connectivity index (χ2v) is 5.43. The summed E-state index contributed by atoms with van der Waals surface area (Å²) in [6.07, 6.45) is 0.449. The Hall–Kier alpha value is -1.26. The number of carbonyl (C=O) groups excluding carboxylic acids is 1. The topological polar surface area (TPSA) is 57.6 Å². The van der Waals surface area contributed by atoms with E-state index in [-0.39, 0.29) is 18.4 Å². The molecule has 1 N–H and O–H groups in total. The third kappa shape index (κ3) is 4.69. The van der Waals surface area contributed by atoms with Gasteiger partial charge in [0.2, 0.25) is 5.91 Å². The zero-order chi connectivity index (χ0) is 15.3. The molecule has 1 atom stereocenters. The van der Waals surface area contributed by atoms with Gasteiger partial charge in [-0.25, -0.2) is 0 Å². The summed E-state index contributed by atoms with van der Waals surface area (Å²) in [7, 11) is 0. The monoisotopic (exact) mass is 317 g/mol. The van der Waals surface area contributed by atoms with Gasteiger partial charge < -0.3 is 10.0 Å². The molecule has 1 unspecified atom stereocenters. The van der Waals surface area contributed by atoms with Gasteiger partial charge in [0, 0.05) is 22.5 Å². The maximum absolute atomic E-state index is 12.2. The Balaban J connectivity index is 2.76. The third-order valence-electron chi connectivity index (χ3n) is 2.98. The number of hydrogen-bond acceptors (Lipinski definition) is 2. The molecule has 0 bridgehead atoms. The van der Waals surface area contributed by atoms with E-state index in [1.165, 1.54) is 4.90 Å². The van der Waals surface area contributed by atoms with Gasteiger partial charge in [0.05, 0.1) is 0 Å². The SMILES string of the molecule is CCN(CC(=O)O)C(=O)C(C)Cc1ccc(Cl)cc1Cl. The molecule has 1 aromatic rings. The second-order valence-electron chi connectivity index (χ2n) is 4.59. The Kier molecular flexibility index (Phi) is 6.30. The number of carboxylic acid groups (broad SMARTS) is 1. The molecular formula is C14H17Cl2NO3. The number of carboxylic acids is 1. The normalized spacial score (nSPS) is 12.0. The molecule has 0 spiro atoms. The van der Waals surface area contributed by atoms with Crippen molar-refractivity contribution in [3.05, 3.63) is 33.8 Å². The first-order chi connectivity index (χ1) is 9.35. The highest BCUT2D eigenvalue weighted by molar-refractivity contribution is 6.35. The fraction of sp³-hybridized carbons (Fsp3) is 0.429. The summed E-state index contributed by atoms with van der Waals surface area (Å²) in [5, 5.41) is 9.83. The molecule has 6 heteroatoms. The minimum Gasteiger partial charge on any atom is -0.480 e. The first-order valence-corrected chi connectivity index (χ1v) is 7.05. The number of amides is 1. The van der Waals surface area contributed by atoms with Crippen molar-refractivity contribution >= 4 is 35.1 Å². The van der Waals surface area contributed by atoms with Crippen LogP contribution in [0, 0.1) is 5.92 Å². The van der Waals surface area contributed by atoms with E-state index < -0.39 is 5.97 Å². The number of likely N-dealkylation sites (N-methyl/N-ethyl adjacent to an activating group) is 1. The maximum Gasteiger partial charge on any atom is 0.323 e. The Labute approximate surface area is 128 Å². The molecule has 0 heterocycles. The van der Waals surface area contributed by atoms with Crippen molar-refractivity contribution in [1.29, 1.82) is 0 Å². The van der Waals surface area contributed by atoms with Crippen LogP contribution in [0.3, 0.4) is 0 Å². The van der Waals surface area contributed by atoms with Gasteiger partial charge in [-0.3, -0.25) is 9.59 Å². The molecule has 0 aromatic heterocycles. The van der Waals surface area contributed by atoms with E-state index in [0.717, 1.165) is 5.56 Å². The smallest absolute Gasteiger partial charge is 0.323 e. The van der Waals surface area contributed by atoms with Gasteiger partial charge in [-0.1, -0.05) is 36.2 Å². The van der Waals surface area contributed by atoms with E-state index >= 15 is 0 Å². The fourth-order valence-electron chi connectivity index (χ4n) is 1.92. The fourth-order valence-corrected chi connectivity index (χ4v) is 2.41. The zero-order valence-electron chi connectivity index (χ0n) is 11.4. The number of nitrogens with zero attached hydrogens (tertiary/aromatic N) is 1. The number of aliphatic carboxylic acids is 1. The van der Waals surface area contributed by atoms with Crippen LogP contribution in [0.1, 0.15) is 19.4 Å². The lowest BCUT2D eigenvalue weighted by atomic mass is 9.99. The molecule has 0 saturated heterocycles. The highest BCUT2D eigenvalue weighted by atomic mass is 35.5. The Morgan fingerprint density at radius 3 is 2.50 bits per heavy atom. The Bertz CT molecular complexity index is 505. The van der Waals surface area contributed by atoms with Crippen molar-refractivity contribution in [2.75, 3.05) is 13.1 Å². The molecule has 4 nitrogen and oxygen atoms in total. The molecule has 0 radical (unpaired) electrons. The summed E-state index contributed by atoms with van der Waals surface area (Å²) >= 11 is 11.9. The molecule has 1 aromatic carbocycles. The van der Waals surface area contributed by atoms with Crippen LogP contribution in [0.25, 0.3) is 0 Å². The van der Waals surface area contributed by atoms with Crippen LogP contribution in [0.15, 0.2) is 18.2 Å². The predicted octanol–water partition coefficient (Wildman–Crippen LogP) is 3.11. The molecule has 20 heavy (non-hydrogen) atoms. The van der Waals surface area contributed by atoms with Crippen molar-refractivity contribution in [3.8, 4) is 0 Å². The summed E-state index contributed by atoms with van der Waals surface area (Å²) in [5.41, 5.74) is 0.822. The van der Waals surface area contributed by atoms with Crippen LogP contribution in [0.5, 0.6) is 0 Å². The predicted molar refractivity (Wildman–Crippen MR) is 79.2 cm³/mol. The highest BCUT2D eigenvalue weighted by Crippen LogP contribution is 2.24. The number of rotatable bonds is 6. The van der Waals surface area contributed by atoms with E-state index in [9.17, 15) is 9.59 Å². The minimum atomic E-state index is -1.02. The summed E-state index contributed by atoms with van der Waals surface area (Å²) < 4.78 is 0. The van der Waals surface area contributed by atoms with Gasteiger partial charge in [0.25, 0.3) is 0 Å². The summed E-state index contributed by atoms with van der Waals surface area (Å²) in [6.45, 7) is 3.60. The molecule has 1 amide bonds. The Morgan fingerprint density at radius 1 is 1.35 bits per heavy atom. The number of carbonyl (C=O) groups is 2. The summed E-state index contributed by atoms with van der Waals surface area (Å²) in [6, 6.07) is 5.13. The molecule has 0 saturated carbocycles. The van der Waals surface area contributed by atoms with Crippen molar-refractivity contribution < 1.29 is 14.7 Å². The minimum absolute atomic E-state index is 0.194. The average Bonchev–Trinajstić information content (AvgIpc) is 2.38. The van der Waals surface area contributed by atoms with E-state index in [0.29, 0.717) is 23.0 Å². The van der Waals surface area contributed by atoms with Gasteiger partial charge in [-0.05, 0) is 31.0 Å². The lowest BCUT2D eigenvalue weighted by molar-refractivity contribution is -0.145. The van der Waals surface area contributed by atoms with E-state index in [1.807, 2.05) is 0 Å². The van der Waals surface area contributed by atoms with Gasteiger partial charge in [0.1, 0.15) is 6.54 Å². The number of halogens is 2. The molecule has 1 rings (SSSR count). The standard InChI is InChI=1S/C14H17Cl2NO3/c1-3-17(8-13(18)19)14(20)9(2)6-10-4-5-11(15)7-12(10)16/h4-5,7,9H,3,6,8H2,1-2H3,(H,18,19). The molecule has 0 aliphatic heterocycles. The lowest BCUT2D eigenvalue weighted by Gasteiger charge is -2.23.